The molecule has 0 aromatic heterocycles. The van der Waals surface area contributed by atoms with Crippen molar-refractivity contribution in [3.8, 4) is 5.75 Å². The van der Waals surface area contributed by atoms with Gasteiger partial charge in [0, 0.05) is 19.6 Å². The summed E-state index contributed by atoms with van der Waals surface area (Å²) in [5.41, 5.74) is 0.519. The first-order chi connectivity index (χ1) is 9.97. The minimum absolute atomic E-state index is 0.115. The van der Waals surface area contributed by atoms with Gasteiger partial charge < -0.3 is 20.4 Å². The van der Waals surface area contributed by atoms with Crippen molar-refractivity contribution in [2.45, 2.75) is 19.4 Å². The van der Waals surface area contributed by atoms with Crippen LogP contribution in [-0.2, 0) is 11.3 Å². The van der Waals surface area contributed by atoms with Crippen molar-refractivity contribution in [1.82, 2.24) is 10.2 Å². The van der Waals surface area contributed by atoms with E-state index in [-0.39, 0.29) is 19.1 Å². The number of piperidine rings is 1. The number of phenolic OH excluding ortho intramolecular Hbond substituents is 1. The average molecular weight is 296 g/mol. The summed E-state index contributed by atoms with van der Waals surface area (Å²) in [4.78, 5) is 24.4. The SMILES string of the molecule is O=C(O)C1CCCN(C(=O)NCc2ccc(O)c(F)c2)C1. The maximum atomic E-state index is 13.2. The van der Waals surface area contributed by atoms with E-state index >= 15 is 0 Å². The van der Waals surface area contributed by atoms with Crippen molar-refractivity contribution in [3.05, 3.63) is 29.6 Å². The third-order valence-electron chi connectivity index (χ3n) is 3.51. The standard InChI is InChI=1S/C14H17FN2O4/c15-11-6-9(3-4-12(11)18)7-16-14(21)17-5-1-2-10(8-17)13(19)20/h3-4,6,10,18H,1-2,5,7-8H2,(H,16,21)(H,19,20). The van der Waals surface area contributed by atoms with E-state index in [9.17, 15) is 14.0 Å². The predicted octanol–water partition coefficient (Wildman–Crippen LogP) is 1.54. The van der Waals surface area contributed by atoms with Gasteiger partial charge in [-0.15, -0.1) is 0 Å². The zero-order valence-electron chi connectivity index (χ0n) is 11.4. The van der Waals surface area contributed by atoms with Gasteiger partial charge in [-0.05, 0) is 30.5 Å². The molecule has 1 aromatic carbocycles. The lowest BCUT2D eigenvalue weighted by Crippen LogP contribution is -2.46. The first-order valence-electron chi connectivity index (χ1n) is 6.70. The fourth-order valence-corrected chi connectivity index (χ4v) is 2.31. The van der Waals surface area contributed by atoms with Gasteiger partial charge in [0.15, 0.2) is 11.6 Å². The van der Waals surface area contributed by atoms with Crippen LogP contribution in [0, 0.1) is 11.7 Å². The third-order valence-corrected chi connectivity index (χ3v) is 3.51. The van der Waals surface area contributed by atoms with Gasteiger partial charge in [0.2, 0.25) is 0 Å². The molecule has 0 aliphatic carbocycles. The Morgan fingerprint density at radius 2 is 2.19 bits per heavy atom. The maximum absolute atomic E-state index is 13.2. The van der Waals surface area contributed by atoms with Gasteiger partial charge in [0.05, 0.1) is 5.92 Å². The van der Waals surface area contributed by atoms with E-state index in [0.29, 0.717) is 24.9 Å². The van der Waals surface area contributed by atoms with Gasteiger partial charge >= 0.3 is 12.0 Å². The summed E-state index contributed by atoms with van der Waals surface area (Å²) in [6.07, 6.45) is 1.22. The zero-order valence-corrected chi connectivity index (χ0v) is 11.4. The number of urea groups is 1. The molecule has 114 valence electrons. The van der Waals surface area contributed by atoms with Gasteiger partial charge in [-0.2, -0.15) is 0 Å². The molecular weight excluding hydrogens is 279 g/mol. The van der Waals surface area contributed by atoms with E-state index in [4.69, 9.17) is 10.2 Å². The number of aliphatic carboxylic acids is 1. The summed E-state index contributed by atoms with van der Waals surface area (Å²) in [6.45, 7) is 0.814. The van der Waals surface area contributed by atoms with Crippen molar-refractivity contribution in [2.24, 2.45) is 5.92 Å². The Morgan fingerprint density at radius 1 is 1.43 bits per heavy atom. The molecule has 1 atom stereocenters. The number of halogens is 1. The summed E-state index contributed by atoms with van der Waals surface area (Å²) in [6, 6.07) is 3.51. The van der Waals surface area contributed by atoms with E-state index in [2.05, 4.69) is 5.32 Å². The van der Waals surface area contributed by atoms with Crippen LogP contribution in [-0.4, -0.2) is 40.2 Å². The van der Waals surface area contributed by atoms with Crippen molar-refractivity contribution in [2.75, 3.05) is 13.1 Å². The second kappa shape index (κ2) is 6.43. The molecule has 0 saturated carbocycles. The number of carboxylic acid groups (broad SMARTS) is 1. The second-order valence-electron chi connectivity index (χ2n) is 5.07. The Hall–Kier alpha value is -2.31. The van der Waals surface area contributed by atoms with Crippen LogP contribution in [0.25, 0.3) is 0 Å². The predicted molar refractivity (Wildman–Crippen MR) is 72.2 cm³/mol. The topological polar surface area (TPSA) is 89.9 Å². The number of carboxylic acids is 1. The third kappa shape index (κ3) is 3.84. The summed E-state index contributed by atoms with van der Waals surface area (Å²) in [7, 11) is 0. The van der Waals surface area contributed by atoms with E-state index in [1.54, 1.807) is 0 Å². The van der Waals surface area contributed by atoms with E-state index in [1.165, 1.54) is 17.0 Å². The molecule has 3 N–H and O–H groups in total. The first-order valence-corrected chi connectivity index (χ1v) is 6.70. The highest BCUT2D eigenvalue weighted by Crippen LogP contribution is 2.18. The minimum Gasteiger partial charge on any atom is -0.505 e. The molecule has 6 nitrogen and oxygen atoms in total. The Kier molecular flexibility index (Phi) is 4.62. The molecule has 7 heteroatoms. The number of carbonyl (C=O) groups excluding carboxylic acids is 1. The Bertz CT molecular complexity index is 550. The molecule has 21 heavy (non-hydrogen) atoms. The molecular formula is C14H17FN2O4. The molecule has 1 saturated heterocycles. The Morgan fingerprint density at radius 3 is 2.86 bits per heavy atom. The average Bonchev–Trinajstić information content (AvgIpc) is 2.48. The Balaban J connectivity index is 1.89. The number of rotatable bonds is 3. The fraction of sp³-hybridized carbons (Fsp3) is 0.429. The van der Waals surface area contributed by atoms with Crippen molar-refractivity contribution in [1.29, 1.82) is 0 Å². The maximum Gasteiger partial charge on any atom is 0.317 e. The number of benzene rings is 1. The highest BCUT2D eigenvalue weighted by atomic mass is 19.1. The number of carbonyl (C=O) groups is 2. The van der Waals surface area contributed by atoms with E-state index in [0.717, 1.165) is 6.07 Å². The molecule has 1 heterocycles. The molecule has 0 spiro atoms. The number of aromatic hydroxyl groups is 1. The van der Waals surface area contributed by atoms with Crippen LogP contribution in [0.5, 0.6) is 5.75 Å². The van der Waals surface area contributed by atoms with E-state index < -0.39 is 23.5 Å². The van der Waals surface area contributed by atoms with E-state index in [1.807, 2.05) is 0 Å². The van der Waals surface area contributed by atoms with Crippen LogP contribution in [0.15, 0.2) is 18.2 Å². The van der Waals surface area contributed by atoms with Gasteiger partial charge in [-0.3, -0.25) is 4.79 Å². The lowest BCUT2D eigenvalue weighted by Gasteiger charge is -2.30. The molecule has 1 aliphatic heterocycles. The molecule has 2 rings (SSSR count). The monoisotopic (exact) mass is 296 g/mol. The summed E-state index contributed by atoms with van der Waals surface area (Å²) in [5.74, 6) is -2.61. The van der Waals surface area contributed by atoms with Crippen molar-refractivity contribution in [3.63, 3.8) is 0 Å². The molecule has 0 radical (unpaired) electrons. The normalized spacial score (nSPS) is 18.3. The largest absolute Gasteiger partial charge is 0.505 e. The number of hydrogen-bond acceptors (Lipinski definition) is 3. The zero-order chi connectivity index (χ0) is 15.4. The van der Waals surface area contributed by atoms with Crippen LogP contribution >= 0.6 is 0 Å². The summed E-state index contributed by atoms with van der Waals surface area (Å²) in [5, 5.41) is 20.7. The van der Waals surface area contributed by atoms with Gasteiger partial charge in [-0.25, -0.2) is 9.18 Å². The molecule has 2 amide bonds. The number of amides is 2. The second-order valence-corrected chi connectivity index (χ2v) is 5.07. The fourth-order valence-electron chi connectivity index (χ4n) is 2.31. The molecule has 1 unspecified atom stereocenters. The lowest BCUT2D eigenvalue weighted by atomic mass is 9.99. The van der Waals surface area contributed by atoms with Crippen LogP contribution in [0.3, 0.4) is 0 Å². The quantitative estimate of drug-likeness (QED) is 0.789. The molecule has 1 aromatic rings. The van der Waals surface area contributed by atoms with Crippen LogP contribution < -0.4 is 5.32 Å². The number of nitrogens with zero attached hydrogens (tertiary/aromatic N) is 1. The highest BCUT2D eigenvalue weighted by molar-refractivity contribution is 5.76. The first kappa shape index (κ1) is 15.1. The van der Waals surface area contributed by atoms with Crippen LogP contribution in [0.4, 0.5) is 9.18 Å². The van der Waals surface area contributed by atoms with Crippen molar-refractivity contribution >= 4 is 12.0 Å². The number of phenols is 1. The van der Waals surface area contributed by atoms with Crippen LogP contribution in [0.2, 0.25) is 0 Å². The number of nitrogens with one attached hydrogen (secondary N) is 1. The number of hydrogen-bond donors (Lipinski definition) is 3. The smallest absolute Gasteiger partial charge is 0.317 e. The summed E-state index contributed by atoms with van der Waals surface area (Å²) < 4.78 is 13.2. The molecule has 0 bridgehead atoms. The van der Waals surface area contributed by atoms with Gasteiger partial charge in [-0.1, -0.05) is 6.07 Å². The minimum atomic E-state index is -0.895. The Labute approximate surface area is 121 Å². The lowest BCUT2D eigenvalue weighted by molar-refractivity contribution is -0.143. The number of likely N-dealkylation sites (tertiary alicyclic amines) is 1. The summed E-state index contributed by atoms with van der Waals surface area (Å²) >= 11 is 0. The highest BCUT2D eigenvalue weighted by Gasteiger charge is 2.27. The molecule has 1 aliphatic rings. The van der Waals surface area contributed by atoms with Crippen LogP contribution in [0.1, 0.15) is 18.4 Å². The van der Waals surface area contributed by atoms with Gasteiger partial charge in [0.25, 0.3) is 0 Å². The van der Waals surface area contributed by atoms with Gasteiger partial charge in [0.1, 0.15) is 0 Å². The van der Waals surface area contributed by atoms with Crippen molar-refractivity contribution < 1.29 is 24.2 Å². The molecule has 1 fully saturated rings.